The van der Waals surface area contributed by atoms with Gasteiger partial charge in [-0.2, -0.15) is 0 Å². The molecule has 1 unspecified atom stereocenters. The zero-order chi connectivity index (χ0) is 14.7. The van der Waals surface area contributed by atoms with Crippen LogP contribution < -0.4 is 9.47 Å². The van der Waals surface area contributed by atoms with Gasteiger partial charge in [0.25, 0.3) is 0 Å². The summed E-state index contributed by atoms with van der Waals surface area (Å²) in [6, 6.07) is 10.5. The fourth-order valence-electron chi connectivity index (χ4n) is 1.92. The van der Waals surface area contributed by atoms with E-state index in [0.29, 0.717) is 10.2 Å². The Morgan fingerprint density at radius 1 is 1.05 bits per heavy atom. The SMILES string of the molecule is COc1ccc(OC)c(C(Br)c2cccc(F)c2Br)c1. The maximum Gasteiger partial charge on any atom is 0.137 e. The van der Waals surface area contributed by atoms with E-state index in [1.807, 2.05) is 24.3 Å². The molecule has 0 aliphatic heterocycles. The number of benzene rings is 2. The topological polar surface area (TPSA) is 18.5 Å². The summed E-state index contributed by atoms with van der Waals surface area (Å²) >= 11 is 6.88. The van der Waals surface area contributed by atoms with E-state index < -0.39 is 0 Å². The molecule has 0 N–H and O–H groups in total. The van der Waals surface area contributed by atoms with Crippen molar-refractivity contribution in [3.8, 4) is 11.5 Å². The van der Waals surface area contributed by atoms with E-state index in [9.17, 15) is 4.39 Å². The largest absolute Gasteiger partial charge is 0.497 e. The Morgan fingerprint density at radius 3 is 2.45 bits per heavy atom. The Bertz CT molecular complexity index is 617. The first kappa shape index (κ1) is 15.3. The molecular weight excluding hydrogens is 391 g/mol. The van der Waals surface area contributed by atoms with E-state index in [-0.39, 0.29) is 10.6 Å². The molecule has 0 aliphatic carbocycles. The summed E-state index contributed by atoms with van der Waals surface area (Å²) in [4.78, 5) is -0.211. The minimum absolute atomic E-state index is 0.211. The molecule has 0 spiro atoms. The van der Waals surface area contributed by atoms with Gasteiger partial charge in [0.15, 0.2) is 0 Å². The average molecular weight is 404 g/mol. The normalized spacial score (nSPS) is 12.1. The molecule has 2 aromatic carbocycles. The first-order chi connectivity index (χ1) is 9.58. The van der Waals surface area contributed by atoms with Crippen LogP contribution in [-0.2, 0) is 0 Å². The molecule has 2 nitrogen and oxygen atoms in total. The molecule has 2 rings (SSSR count). The molecule has 0 bridgehead atoms. The highest BCUT2D eigenvalue weighted by atomic mass is 79.9. The Kier molecular flexibility index (Phi) is 5.05. The quantitative estimate of drug-likeness (QED) is 0.662. The van der Waals surface area contributed by atoms with Crippen LogP contribution in [0.3, 0.4) is 0 Å². The lowest BCUT2D eigenvalue weighted by molar-refractivity contribution is 0.399. The maximum absolute atomic E-state index is 13.7. The molecule has 106 valence electrons. The first-order valence-corrected chi connectivity index (χ1v) is 7.59. The van der Waals surface area contributed by atoms with Crippen LogP contribution >= 0.6 is 31.9 Å². The predicted molar refractivity (Wildman–Crippen MR) is 84.4 cm³/mol. The number of hydrogen-bond acceptors (Lipinski definition) is 2. The highest BCUT2D eigenvalue weighted by molar-refractivity contribution is 9.11. The monoisotopic (exact) mass is 402 g/mol. The van der Waals surface area contributed by atoms with Gasteiger partial charge in [0, 0.05) is 5.56 Å². The number of hydrogen-bond donors (Lipinski definition) is 0. The lowest BCUT2D eigenvalue weighted by Gasteiger charge is -2.17. The minimum Gasteiger partial charge on any atom is -0.497 e. The van der Waals surface area contributed by atoms with Crippen molar-refractivity contribution < 1.29 is 13.9 Å². The first-order valence-electron chi connectivity index (χ1n) is 5.88. The summed E-state index contributed by atoms with van der Waals surface area (Å²) in [6.45, 7) is 0. The van der Waals surface area contributed by atoms with Crippen molar-refractivity contribution in [2.24, 2.45) is 0 Å². The van der Waals surface area contributed by atoms with Crippen LogP contribution in [0.4, 0.5) is 4.39 Å². The van der Waals surface area contributed by atoms with Crippen LogP contribution in [0.15, 0.2) is 40.9 Å². The zero-order valence-electron chi connectivity index (χ0n) is 11.0. The van der Waals surface area contributed by atoms with Crippen molar-refractivity contribution in [2.75, 3.05) is 14.2 Å². The van der Waals surface area contributed by atoms with E-state index >= 15 is 0 Å². The molecular formula is C15H13Br2FO2. The Morgan fingerprint density at radius 2 is 1.80 bits per heavy atom. The number of ether oxygens (including phenoxy) is 2. The second-order valence-electron chi connectivity index (χ2n) is 4.11. The lowest BCUT2D eigenvalue weighted by Crippen LogP contribution is -2.00. The molecule has 0 fully saturated rings. The summed E-state index contributed by atoms with van der Waals surface area (Å²) in [5.74, 6) is 1.13. The average Bonchev–Trinajstić information content (AvgIpc) is 2.48. The molecule has 0 saturated heterocycles. The summed E-state index contributed by atoms with van der Waals surface area (Å²) in [5.41, 5.74) is 1.66. The van der Waals surface area contributed by atoms with Gasteiger partial charge in [0.2, 0.25) is 0 Å². The second kappa shape index (κ2) is 6.59. The van der Waals surface area contributed by atoms with Crippen molar-refractivity contribution in [1.82, 2.24) is 0 Å². The molecule has 0 aliphatic rings. The fraction of sp³-hybridized carbons (Fsp3) is 0.200. The Hall–Kier alpha value is -1.07. The van der Waals surface area contributed by atoms with E-state index in [1.54, 1.807) is 20.3 Å². The van der Waals surface area contributed by atoms with Gasteiger partial charge < -0.3 is 9.47 Å². The van der Waals surface area contributed by atoms with Crippen LogP contribution in [0.2, 0.25) is 0 Å². The molecule has 20 heavy (non-hydrogen) atoms. The van der Waals surface area contributed by atoms with Crippen molar-refractivity contribution in [3.05, 3.63) is 57.8 Å². The van der Waals surface area contributed by atoms with Crippen LogP contribution in [0.25, 0.3) is 0 Å². The number of halogens is 3. The predicted octanol–water partition coefficient (Wildman–Crippen LogP) is 5.09. The summed E-state index contributed by atoms with van der Waals surface area (Å²) < 4.78 is 24.7. The van der Waals surface area contributed by atoms with E-state index in [0.717, 1.165) is 16.9 Å². The fourth-order valence-corrected chi connectivity index (χ4v) is 3.46. The zero-order valence-corrected chi connectivity index (χ0v) is 14.2. The Balaban J connectivity index is 2.51. The van der Waals surface area contributed by atoms with Gasteiger partial charge in [-0.15, -0.1) is 0 Å². The van der Waals surface area contributed by atoms with Gasteiger partial charge in [-0.1, -0.05) is 28.1 Å². The van der Waals surface area contributed by atoms with Gasteiger partial charge in [-0.05, 0) is 45.8 Å². The molecule has 1 atom stereocenters. The van der Waals surface area contributed by atoms with Gasteiger partial charge >= 0.3 is 0 Å². The van der Waals surface area contributed by atoms with Crippen LogP contribution in [0.5, 0.6) is 11.5 Å². The van der Waals surface area contributed by atoms with Gasteiger partial charge in [0.05, 0.1) is 23.5 Å². The highest BCUT2D eigenvalue weighted by Gasteiger charge is 2.20. The van der Waals surface area contributed by atoms with Gasteiger partial charge in [-0.25, -0.2) is 4.39 Å². The highest BCUT2D eigenvalue weighted by Crippen LogP contribution is 2.41. The smallest absolute Gasteiger partial charge is 0.137 e. The molecule has 2 aromatic rings. The van der Waals surface area contributed by atoms with Crippen LogP contribution in [-0.4, -0.2) is 14.2 Å². The molecule has 0 amide bonds. The van der Waals surface area contributed by atoms with Crippen molar-refractivity contribution in [3.63, 3.8) is 0 Å². The molecule has 0 saturated carbocycles. The second-order valence-corrected chi connectivity index (χ2v) is 5.82. The molecule has 0 heterocycles. The third-order valence-corrected chi connectivity index (χ3v) is 4.79. The van der Waals surface area contributed by atoms with Crippen LogP contribution in [0.1, 0.15) is 16.0 Å². The van der Waals surface area contributed by atoms with E-state index in [1.165, 1.54) is 6.07 Å². The minimum atomic E-state index is -0.297. The van der Waals surface area contributed by atoms with Crippen LogP contribution in [0, 0.1) is 5.82 Å². The summed E-state index contributed by atoms with van der Waals surface area (Å²) in [6.07, 6.45) is 0. The third-order valence-electron chi connectivity index (χ3n) is 2.96. The molecule has 0 radical (unpaired) electrons. The summed E-state index contributed by atoms with van der Waals surface area (Å²) in [7, 11) is 3.21. The Labute approximate surface area is 134 Å². The van der Waals surface area contributed by atoms with Gasteiger partial charge in [0.1, 0.15) is 17.3 Å². The van der Waals surface area contributed by atoms with E-state index in [2.05, 4.69) is 31.9 Å². The van der Waals surface area contributed by atoms with E-state index in [4.69, 9.17) is 9.47 Å². The molecule has 0 aromatic heterocycles. The van der Waals surface area contributed by atoms with Gasteiger partial charge in [-0.3, -0.25) is 0 Å². The lowest BCUT2D eigenvalue weighted by atomic mass is 10.0. The van der Waals surface area contributed by atoms with Crippen molar-refractivity contribution >= 4 is 31.9 Å². The summed E-state index contributed by atoms with van der Waals surface area (Å²) in [5, 5.41) is 0. The number of alkyl halides is 1. The maximum atomic E-state index is 13.7. The number of rotatable bonds is 4. The van der Waals surface area contributed by atoms with Crippen molar-refractivity contribution in [2.45, 2.75) is 4.83 Å². The van der Waals surface area contributed by atoms with Crippen molar-refractivity contribution in [1.29, 1.82) is 0 Å². The third kappa shape index (κ3) is 2.99. The molecule has 5 heteroatoms. The number of methoxy groups -OCH3 is 2. The standard InChI is InChI=1S/C15H13Br2FO2/c1-19-9-6-7-13(20-2)11(8-9)14(16)10-4-3-5-12(18)15(10)17/h3-8,14H,1-2H3.